The second-order valence-corrected chi connectivity index (χ2v) is 5.63. The van der Waals surface area contributed by atoms with Crippen molar-refractivity contribution in [2.24, 2.45) is 0 Å². The highest BCUT2D eigenvalue weighted by Crippen LogP contribution is 2.17. The fourth-order valence-electron chi connectivity index (χ4n) is 2.22. The molecule has 5 nitrogen and oxygen atoms in total. The largest absolute Gasteiger partial charge is 0.315 e. The first-order valence-corrected chi connectivity index (χ1v) is 7.33. The van der Waals surface area contributed by atoms with Crippen LogP contribution in [0.5, 0.6) is 0 Å². The van der Waals surface area contributed by atoms with Gasteiger partial charge in [0.25, 0.3) is 11.2 Å². The Hall–Kier alpha value is -2.47. The molecule has 1 aromatic carbocycles. The molecule has 0 aliphatic carbocycles. The lowest BCUT2D eigenvalue weighted by molar-refractivity contribution is -0.384. The van der Waals surface area contributed by atoms with E-state index >= 15 is 0 Å². The smallest absolute Gasteiger partial charge is 0.269 e. The fourth-order valence-corrected chi connectivity index (χ4v) is 2.99. The number of fused-ring (bicyclic) bond motifs is 1. The molecular formula is C15H12N2O3S. The molecule has 2 aromatic heterocycles. The summed E-state index contributed by atoms with van der Waals surface area (Å²) >= 11 is 1.55. The van der Waals surface area contributed by atoms with Crippen LogP contribution in [0, 0.1) is 10.1 Å². The minimum atomic E-state index is -0.418. The molecule has 0 aliphatic heterocycles. The lowest BCUT2D eigenvalue weighted by atomic mass is 10.1. The van der Waals surface area contributed by atoms with Crippen molar-refractivity contribution in [3.63, 3.8) is 0 Å². The zero-order valence-corrected chi connectivity index (χ0v) is 11.9. The highest BCUT2D eigenvalue weighted by atomic mass is 32.1. The third-order valence-electron chi connectivity index (χ3n) is 3.38. The maximum absolute atomic E-state index is 12.2. The summed E-state index contributed by atoms with van der Waals surface area (Å²) < 4.78 is 2.67. The number of aryl methyl sites for hydroxylation is 2. The molecule has 3 rings (SSSR count). The number of benzene rings is 1. The molecular weight excluding hydrogens is 288 g/mol. The van der Waals surface area contributed by atoms with Crippen LogP contribution in [0.3, 0.4) is 0 Å². The molecule has 106 valence electrons. The van der Waals surface area contributed by atoms with Gasteiger partial charge in [-0.2, -0.15) is 0 Å². The van der Waals surface area contributed by atoms with Gasteiger partial charge >= 0.3 is 0 Å². The number of pyridine rings is 1. The lowest BCUT2D eigenvalue weighted by Gasteiger charge is -2.06. The van der Waals surface area contributed by atoms with E-state index in [4.69, 9.17) is 0 Å². The highest BCUT2D eigenvalue weighted by Gasteiger charge is 2.06. The van der Waals surface area contributed by atoms with E-state index < -0.39 is 4.92 Å². The summed E-state index contributed by atoms with van der Waals surface area (Å²) in [6, 6.07) is 10.2. The quantitative estimate of drug-likeness (QED) is 0.549. The van der Waals surface area contributed by atoms with Crippen molar-refractivity contribution in [1.29, 1.82) is 0 Å². The monoisotopic (exact) mass is 300 g/mol. The highest BCUT2D eigenvalue weighted by molar-refractivity contribution is 7.17. The molecule has 0 fully saturated rings. The molecule has 6 heteroatoms. The van der Waals surface area contributed by atoms with Gasteiger partial charge in [0.2, 0.25) is 0 Å². The summed E-state index contributed by atoms with van der Waals surface area (Å²) in [6.07, 6.45) is 2.46. The van der Waals surface area contributed by atoms with E-state index in [2.05, 4.69) is 0 Å². The standard InChI is InChI=1S/C15H12N2O3S/c18-15-13-7-10-21-14(13)6-9-16(15)8-5-11-1-3-12(4-2-11)17(19)20/h1-4,6-7,9-10H,5,8H2. The minimum absolute atomic E-state index is 0.00987. The number of hydrogen-bond donors (Lipinski definition) is 0. The zero-order chi connectivity index (χ0) is 14.8. The molecule has 0 radical (unpaired) electrons. The van der Waals surface area contributed by atoms with Gasteiger partial charge in [0, 0.05) is 29.6 Å². The number of hydrogen-bond acceptors (Lipinski definition) is 4. The minimum Gasteiger partial charge on any atom is -0.315 e. The van der Waals surface area contributed by atoms with E-state index in [0.717, 1.165) is 15.6 Å². The van der Waals surface area contributed by atoms with E-state index in [0.29, 0.717) is 13.0 Å². The van der Waals surface area contributed by atoms with Crippen LogP contribution >= 0.6 is 11.3 Å². The molecule has 21 heavy (non-hydrogen) atoms. The maximum Gasteiger partial charge on any atom is 0.269 e. The van der Waals surface area contributed by atoms with E-state index in [-0.39, 0.29) is 11.2 Å². The first kappa shape index (κ1) is 13.5. The number of nitro groups is 1. The molecule has 0 amide bonds. The SMILES string of the molecule is O=c1c2ccsc2ccn1CCc1ccc([N+](=O)[O-])cc1. The number of non-ortho nitro benzene ring substituents is 1. The van der Waals surface area contributed by atoms with Crippen molar-refractivity contribution in [1.82, 2.24) is 4.57 Å². The summed E-state index contributed by atoms with van der Waals surface area (Å²) in [5.74, 6) is 0. The van der Waals surface area contributed by atoms with Gasteiger partial charge in [-0.25, -0.2) is 0 Å². The second kappa shape index (κ2) is 5.49. The van der Waals surface area contributed by atoms with E-state index in [1.807, 2.05) is 17.5 Å². The van der Waals surface area contributed by atoms with Crippen LogP contribution in [-0.4, -0.2) is 9.49 Å². The fraction of sp³-hybridized carbons (Fsp3) is 0.133. The Kier molecular flexibility index (Phi) is 3.53. The Morgan fingerprint density at radius 2 is 1.90 bits per heavy atom. The number of nitrogens with zero attached hydrogens (tertiary/aromatic N) is 2. The van der Waals surface area contributed by atoms with Gasteiger partial charge in [0.15, 0.2) is 0 Å². The van der Waals surface area contributed by atoms with Gasteiger partial charge in [-0.3, -0.25) is 14.9 Å². The van der Waals surface area contributed by atoms with Crippen LogP contribution in [0.25, 0.3) is 10.1 Å². The molecule has 0 atom stereocenters. The van der Waals surface area contributed by atoms with Gasteiger partial charge in [0.05, 0.1) is 10.3 Å². The van der Waals surface area contributed by atoms with Crippen LogP contribution in [-0.2, 0) is 13.0 Å². The van der Waals surface area contributed by atoms with Crippen molar-refractivity contribution >= 4 is 27.1 Å². The molecule has 0 saturated carbocycles. The third kappa shape index (κ3) is 2.71. The molecule has 3 aromatic rings. The number of nitro benzene ring substituents is 1. The summed E-state index contributed by atoms with van der Waals surface area (Å²) in [5.41, 5.74) is 1.06. The van der Waals surface area contributed by atoms with E-state index in [9.17, 15) is 14.9 Å². The van der Waals surface area contributed by atoms with Crippen LogP contribution in [0.2, 0.25) is 0 Å². The van der Waals surface area contributed by atoms with Crippen molar-refractivity contribution in [2.45, 2.75) is 13.0 Å². The first-order chi connectivity index (χ1) is 10.1. The normalized spacial score (nSPS) is 10.9. The Bertz CT molecular complexity index is 849. The lowest BCUT2D eigenvalue weighted by Crippen LogP contribution is -2.19. The van der Waals surface area contributed by atoms with Crippen molar-refractivity contribution in [3.8, 4) is 0 Å². The maximum atomic E-state index is 12.2. The zero-order valence-electron chi connectivity index (χ0n) is 11.1. The van der Waals surface area contributed by atoms with Crippen LogP contribution < -0.4 is 5.56 Å². The molecule has 0 N–H and O–H groups in total. The first-order valence-electron chi connectivity index (χ1n) is 6.45. The molecule has 0 aliphatic rings. The van der Waals surface area contributed by atoms with Gasteiger partial charge in [-0.05, 0) is 29.5 Å². The summed E-state index contributed by atoms with van der Waals surface area (Å²) in [5, 5.41) is 13.2. The Labute approximate surface area is 124 Å². The van der Waals surface area contributed by atoms with Crippen molar-refractivity contribution in [2.75, 3.05) is 0 Å². The number of rotatable bonds is 4. The van der Waals surface area contributed by atoms with Gasteiger partial charge in [-0.15, -0.1) is 11.3 Å². The Morgan fingerprint density at radius 3 is 2.62 bits per heavy atom. The topological polar surface area (TPSA) is 65.1 Å². The average molecular weight is 300 g/mol. The van der Waals surface area contributed by atoms with Crippen molar-refractivity contribution < 1.29 is 4.92 Å². The average Bonchev–Trinajstić information content (AvgIpc) is 2.96. The third-order valence-corrected chi connectivity index (χ3v) is 4.26. The molecule has 0 bridgehead atoms. The summed E-state index contributed by atoms with van der Waals surface area (Å²) in [4.78, 5) is 22.4. The molecule has 0 spiro atoms. The summed E-state index contributed by atoms with van der Waals surface area (Å²) in [7, 11) is 0. The van der Waals surface area contributed by atoms with Crippen molar-refractivity contribution in [3.05, 3.63) is 74.0 Å². The van der Waals surface area contributed by atoms with Gasteiger partial charge in [-0.1, -0.05) is 12.1 Å². The van der Waals surface area contributed by atoms with Gasteiger partial charge < -0.3 is 4.57 Å². The van der Waals surface area contributed by atoms with E-state index in [1.54, 1.807) is 34.2 Å². The molecule has 2 heterocycles. The van der Waals surface area contributed by atoms with Crippen LogP contribution in [0.1, 0.15) is 5.56 Å². The molecule has 0 unspecified atom stereocenters. The number of aromatic nitrogens is 1. The predicted molar refractivity (Wildman–Crippen MR) is 82.9 cm³/mol. The predicted octanol–water partition coefficient (Wildman–Crippen LogP) is 3.21. The second-order valence-electron chi connectivity index (χ2n) is 4.69. The van der Waals surface area contributed by atoms with Gasteiger partial charge in [0.1, 0.15) is 0 Å². The van der Waals surface area contributed by atoms with Crippen LogP contribution in [0.4, 0.5) is 5.69 Å². The number of thiophene rings is 1. The molecule has 0 saturated heterocycles. The van der Waals surface area contributed by atoms with E-state index in [1.165, 1.54) is 12.1 Å². The summed E-state index contributed by atoms with van der Waals surface area (Å²) in [6.45, 7) is 0.558. The van der Waals surface area contributed by atoms with Crippen LogP contribution in [0.15, 0.2) is 52.8 Å². The Balaban J connectivity index is 1.78. The Morgan fingerprint density at radius 1 is 1.14 bits per heavy atom.